The molecule has 5 rings (SSSR count). The lowest BCUT2D eigenvalue weighted by Gasteiger charge is -2.32. The topological polar surface area (TPSA) is 82.9 Å². The maximum Gasteiger partial charge on any atom is 0.138 e. The Bertz CT molecular complexity index is 1050. The largest absolute Gasteiger partial charge is 0.390 e. The number of hydrogen-bond donors (Lipinski definition) is 2. The molecule has 3 aromatic rings. The van der Waals surface area contributed by atoms with Crippen molar-refractivity contribution in [1.82, 2.24) is 19.3 Å². The minimum absolute atomic E-state index is 0.0409. The van der Waals surface area contributed by atoms with Gasteiger partial charge >= 0.3 is 0 Å². The summed E-state index contributed by atoms with van der Waals surface area (Å²) in [6.07, 6.45) is 6.25. The summed E-state index contributed by atoms with van der Waals surface area (Å²) in [5.74, 6) is 1.07. The van der Waals surface area contributed by atoms with Gasteiger partial charge in [0.1, 0.15) is 11.5 Å². The van der Waals surface area contributed by atoms with E-state index in [0.29, 0.717) is 6.54 Å². The highest BCUT2D eigenvalue weighted by Crippen LogP contribution is 2.33. The third-order valence-electron chi connectivity index (χ3n) is 6.60. The van der Waals surface area contributed by atoms with Gasteiger partial charge < -0.3 is 15.7 Å². The average Bonchev–Trinajstić information content (AvgIpc) is 3.35. The Morgan fingerprint density at radius 1 is 1.23 bits per heavy atom. The number of aliphatic hydroxyl groups excluding tert-OH is 1. The summed E-state index contributed by atoms with van der Waals surface area (Å²) in [5.41, 5.74) is 11.4. The molecule has 1 aliphatic carbocycles. The molecule has 0 unspecified atom stereocenters. The maximum absolute atomic E-state index is 10.3. The highest BCUT2D eigenvalue weighted by molar-refractivity contribution is 5.55. The van der Waals surface area contributed by atoms with Gasteiger partial charge in [-0.15, -0.1) is 0 Å². The third-order valence-corrected chi connectivity index (χ3v) is 6.60. The first-order valence-electron chi connectivity index (χ1n) is 10.9. The smallest absolute Gasteiger partial charge is 0.138 e. The first-order chi connectivity index (χ1) is 14.7. The number of anilines is 1. The number of aromatic nitrogens is 3. The molecule has 1 saturated heterocycles. The first-order valence-corrected chi connectivity index (χ1v) is 10.9. The van der Waals surface area contributed by atoms with Gasteiger partial charge in [-0.05, 0) is 56.5 Å². The molecule has 7 nitrogen and oxygen atoms in total. The fraction of sp³-hybridized carbons (Fsp3) is 0.478. The molecule has 1 aliphatic heterocycles. The number of hydrogen-bond acceptors (Lipinski definition) is 6. The summed E-state index contributed by atoms with van der Waals surface area (Å²) >= 11 is 0. The van der Waals surface area contributed by atoms with Crippen molar-refractivity contribution in [2.45, 2.75) is 50.9 Å². The molecule has 0 radical (unpaired) electrons. The van der Waals surface area contributed by atoms with E-state index in [1.54, 1.807) is 0 Å². The zero-order chi connectivity index (χ0) is 20.7. The number of imidazole rings is 1. The third kappa shape index (κ3) is 3.37. The molecule has 158 valence electrons. The van der Waals surface area contributed by atoms with Crippen molar-refractivity contribution in [1.29, 1.82) is 0 Å². The summed E-state index contributed by atoms with van der Waals surface area (Å²) in [5, 5.41) is 10.3. The molecule has 30 heavy (non-hydrogen) atoms. The molecule has 0 aromatic carbocycles. The van der Waals surface area contributed by atoms with Crippen LogP contribution in [0.3, 0.4) is 0 Å². The molecule has 0 amide bonds. The van der Waals surface area contributed by atoms with Crippen LogP contribution >= 0.6 is 0 Å². The van der Waals surface area contributed by atoms with E-state index in [0.717, 1.165) is 55.2 Å². The Balaban J connectivity index is 1.48. The van der Waals surface area contributed by atoms with Crippen LogP contribution in [0.15, 0.2) is 36.5 Å². The number of pyridine rings is 2. The number of rotatable bonds is 5. The van der Waals surface area contributed by atoms with E-state index in [-0.39, 0.29) is 18.7 Å². The number of aryl methyl sites for hydroxylation is 1. The molecule has 2 aliphatic rings. The van der Waals surface area contributed by atoms with Crippen molar-refractivity contribution in [3.63, 3.8) is 0 Å². The maximum atomic E-state index is 10.3. The predicted octanol–water partition coefficient (Wildman–Crippen LogP) is 2.27. The average molecular weight is 407 g/mol. The lowest BCUT2D eigenvalue weighted by molar-refractivity contribution is 0.203. The molecule has 4 heterocycles. The van der Waals surface area contributed by atoms with Crippen molar-refractivity contribution in [3.05, 3.63) is 59.2 Å². The second-order valence-corrected chi connectivity index (χ2v) is 8.61. The van der Waals surface area contributed by atoms with Gasteiger partial charge in [0.25, 0.3) is 0 Å². The summed E-state index contributed by atoms with van der Waals surface area (Å²) < 4.78 is 2.11. The van der Waals surface area contributed by atoms with Gasteiger partial charge in [0.2, 0.25) is 0 Å². The molecular formula is C23H30N6O. The van der Waals surface area contributed by atoms with Gasteiger partial charge in [-0.25, -0.2) is 4.98 Å². The summed E-state index contributed by atoms with van der Waals surface area (Å²) in [6.45, 7) is 2.41. The molecule has 0 spiro atoms. The van der Waals surface area contributed by atoms with Crippen LogP contribution in [0.25, 0.3) is 5.65 Å². The van der Waals surface area contributed by atoms with Gasteiger partial charge in [0, 0.05) is 31.9 Å². The van der Waals surface area contributed by atoms with Crippen LogP contribution in [0.5, 0.6) is 0 Å². The molecule has 3 N–H and O–H groups in total. The van der Waals surface area contributed by atoms with Crippen LogP contribution in [-0.2, 0) is 19.6 Å². The molecule has 2 atom stereocenters. The van der Waals surface area contributed by atoms with E-state index in [1.807, 2.05) is 24.4 Å². The predicted molar refractivity (Wildman–Crippen MR) is 117 cm³/mol. The highest BCUT2D eigenvalue weighted by Gasteiger charge is 2.27. The zero-order valence-electron chi connectivity index (χ0n) is 17.5. The van der Waals surface area contributed by atoms with E-state index in [4.69, 9.17) is 10.7 Å². The lowest BCUT2D eigenvalue weighted by Crippen LogP contribution is -2.29. The number of fused-ring (bicyclic) bond motifs is 2. The zero-order valence-corrected chi connectivity index (χ0v) is 17.5. The Morgan fingerprint density at radius 3 is 2.93 bits per heavy atom. The number of nitrogens with two attached hydrogens (primary N) is 1. The number of nitrogens with zero attached hydrogens (tertiary/aromatic N) is 5. The minimum Gasteiger partial charge on any atom is -0.390 e. The molecule has 1 fully saturated rings. The van der Waals surface area contributed by atoms with E-state index < -0.39 is 0 Å². The fourth-order valence-corrected chi connectivity index (χ4v) is 5.07. The molecule has 3 aromatic heterocycles. The molecular weight excluding hydrogens is 376 g/mol. The van der Waals surface area contributed by atoms with Gasteiger partial charge in [0.05, 0.1) is 29.7 Å². The molecule has 0 bridgehead atoms. The lowest BCUT2D eigenvalue weighted by atomic mass is 9.91. The molecule has 7 heteroatoms. The first kappa shape index (κ1) is 19.5. The minimum atomic E-state index is -0.0409. The van der Waals surface area contributed by atoms with Crippen LogP contribution in [0.4, 0.5) is 5.82 Å². The molecule has 0 saturated carbocycles. The van der Waals surface area contributed by atoms with E-state index >= 15 is 0 Å². The van der Waals surface area contributed by atoms with Crippen molar-refractivity contribution in [2.24, 2.45) is 5.73 Å². The normalized spacial score (nSPS) is 21.5. The van der Waals surface area contributed by atoms with Crippen molar-refractivity contribution in [2.75, 3.05) is 25.0 Å². The quantitative estimate of drug-likeness (QED) is 0.676. The van der Waals surface area contributed by atoms with Crippen molar-refractivity contribution in [3.8, 4) is 0 Å². The van der Waals surface area contributed by atoms with E-state index in [2.05, 4.69) is 38.4 Å². The van der Waals surface area contributed by atoms with Crippen molar-refractivity contribution < 1.29 is 5.11 Å². The Kier molecular flexibility index (Phi) is 5.18. The SMILES string of the molecule is CN(Cc1nc2cccc(N3CC[C@@H](N)C3)n2c1CO)[C@H]1CCCc2cccnc21. The Labute approximate surface area is 177 Å². The second-order valence-electron chi connectivity index (χ2n) is 8.61. The van der Waals surface area contributed by atoms with E-state index in [9.17, 15) is 5.11 Å². The van der Waals surface area contributed by atoms with Gasteiger partial charge in [-0.1, -0.05) is 12.1 Å². The fourth-order valence-electron chi connectivity index (χ4n) is 5.07. The van der Waals surface area contributed by atoms with E-state index in [1.165, 1.54) is 17.7 Å². The van der Waals surface area contributed by atoms with Crippen LogP contribution < -0.4 is 10.6 Å². The summed E-state index contributed by atoms with van der Waals surface area (Å²) in [4.78, 5) is 14.2. The second kappa shape index (κ2) is 7.98. The number of aliphatic hydroxyl groups is 1. The Hall–Kier alpha value is -2.48. The van der Waals surface area contributed by atoms with Crippen LogP contribution in [0, 0.1) is 0 Å². The van der Waals surface area contributed by atoms with Crippen LogP contribution in [-0.4, -0.2) is 50.6 Å². The van der Waals surface area contributed by atoms with Gasteiger partial charge in [-0.2, -0.15) is 0 Å². The monoisotopic (exact) mass is 406 g/mol. The van der Waals surface area contributed by atoms with Crippen LogP contribution in [0.2, 0.25) is 0 Å². The summed E-state index contributed by atoms with van der Waals surface area (Å²) in [6, 6.07) is 10.9. The van der Waals surface area contributed by atoms with Crippen molar-refractivity contribution >= 4 is 11.5 Å². The van der Waals surface area contributed by atoms with Gasteiger partial charge in [0.15, 0.2) is 0 Å². The highest BCUT2D eigenvalue weighted by atomic mass is 16.3. The standard InChI is InChI=1S/C23H30N6O/c1-27(19-7-2-5-16-6-4-11-25-23(16)19)14-18-20(15-30)29-21(26-18)8-3-9-22(29)28-12-10-17(24)13-28/h3-4,6,8-9,11,17,19,30H,2,5,7,10,12-15,24H2,1H3/t17-,19+/m1/s1. The summed E-state index contributed by atoms with van der Waals surface area (Å²) in [7, 11) is 2.14. The van der Waals surface area contributed by atoms with Gasteiger partial charge in [-0.3, -0.25) is 14.3 Å². The Morgan fingerprint density at radius 2 is 2.13 bits per heavy atom. The van der Waals surface area contributed by atoms with Crippen LogP contribution in [0.1, 0.15) is 47.9 Å².